The zero-order valence-corrected chi connectivity index (χ0v) is 17.3. The summed E-state index contributed by atoms with van der Waals surface area (Å²) in [4.78, 5) is 23.2. The summed E-state index contributed by atoms with van der Waals surface area (Å²) in [5.41, 5.74) is -0.226. The molecule has 9 heteroatoms. The third kappa shape index (κ3) is 5.20. The van der Waals surface area contributed by atoms with Crippen molar-refractivity contribution in [2.24, 2.45) is 0 Å². The SMILES string of the molecule is CCN(C)c1cc(NC2CCC(NC(=O)c3cc(F)c(F)c(F)c3)CC2)nc(C)n1. The topological polar surface area (TPSA) is 70.2 Å². The van der Waals surface area contributed by atoms with Crippen molar-refractivity contribution in [1.29, 1.82) is 0 Å². The van der Waals surface area contributed by atoms with Crippen LogP contribution in [0.3, 0.4) is 0 Å². The minimum absolute atomic E-state index is 0.111. The predicted molar refractivity (Wildman–Crippen MR) is 109 cm³/mol. The van der Waals surface area contributed by atoms with E-state index in [1.165, 1.54) is 0 Å². The van der Waals surface area contributed by atoms with E-state index in [1.807, 2.05) is 24.9 Å². The summed E-state index contributed by atoms with van der Waals surface area (Å²) in [5.74, 6) is -2.62. The average molecular weight is 421 g/mol. The molecule has 3 rings (SSSR count). The zero-order valence-electron chi connectivity index (χ0n) is 17.3. The van der Waals surface area contributed by atoms with Crippen molar-refractivity contribution in [3.8, 4) is 0 Å². The van der Waals surface area contributed by atoms with E-state index in [9.17, 15) is 18.0 Å². The Kier molecular flexibility index (Phi) is 6.79. The van der Waals surface area contributed by atoms with Crippen molar-refractivity contribution in [2.75, 3.05) is 23.8 Å². The Balaban J connectivity index is 1.55. The third-order valence-electron chi connectivity index (χ3n) is 5.35. The first-order valence-corrected chi connectivity index (χ1v) is 10.1. The number of aryl methyl sites for hydroxylation is 1. The van der Waals surface area contributed by atoms with Crippen molar-refractivity contribution in [1.82, 2.24) is 15.3 Å². The minimum atomic E-state index is -1.58. The number of hydrogen-bond donors (Lipinski definition) is 2. The molecular formula is C21H26F3N5O. The molecule has 0 unspecified atom stereocenters. The van der Waals surface area contributed by atoms with Gasteiger partial charge >= 0.3 is 0 Å². The number of nitrogens with one attached hydrogen (secondary N) is 2. The highest BCUT2D eigenvalue weighted by molar-refractivity contribution is 5.94. The summed E-state index contributed by atoms with van der Waals surface area (Å²) in [6, 6.07) is 3.43. The number of carbonyl (C=O) groups is 1. The Labute approximate surface area is 173 Å². The van der Waals surface area contributed by atoms with Crippen LogP contribution in [0.1, 0.15) is 48.8 Å². The highest BCUT2D eigenvalue weighted by Gasteiger charge is 2.24. The molecule has 0 spiro atoms. The van der Waals surface area contributed by atoms with E-state index >= 15 is 0 Å². The van der Waals surface area contributed by atoms with Gasteiger partial charge in [0.15, 0.2) is 17.5 Å². The lowest BCUT2D eigenvalue weighted by atomic mass is 9.91. The van der Waals surface area contributed by atoms with Crippen LogP contribution in [0.4, 0.5) is 24.8 Å². The molecule has 162 valence electrons. The van der Waals surface area contributed by atoms with E-state index in [0.29, 0.717) is 30.8 Å². The Morgan fingerprint density at radius 2 is 1.67 bits per heavy atom. The van der Waals surface area contributed by atoms with Gasteiger partial charge in [0.1, 0.15) is 17.5 Å². The van der Waals surface area contributed by atoms with Gasteiger partial charge in [-0.25, -0.2) is 23.1 Å². The van der Waals surface area contributed by atoms with Crippen molar-refractivity contribution in [3.05, 3.63) is 47.0 Å². The highest BCUT2D eigenvalue weighted by Crippen LogP contribution is 2.24. The smallest absolute Gasteiger partial charge is 0.251 e. The number of carbonyl (C=O) groups excluding carboxylic acids is 1. The first-order valence-electron chi connectivity index (χ1n) is 10.1. The maximum absolute atomic E-state index is 13.3. The van der Waals surface area contributed by atoms with Crippen molar-refractivity contribution >= 4 is 17.5 Å². The van der Waals surface area contributed by atoms with E-state index in [2.05, 4.69) is 27.5 Å². The molecule has 0 aliphatic heterocycles. The van der Waals surface area contributed by atoms with Crippen molar-refractivity contribution in [3.63, 3.8) is 0 Å². The Morgan fingerprint density at radius 1 is 1.07 bits per heavy atom. The average Bonchev–Trinajstić information content (AvgIpc) is 2.72. The molecule has 1 amide bonds. The molecular weight excluding hydrogens is 395 g/mol. The summed E-state index contributed by atoms with van der Waals surface area (Å²) in [5, 5.41) is 6.22. The number of rotatable bonds is 6. The van der Waals surface area contributed by atoms with Gasteiger partial charge in [0, 0.05) is 37.3 Å². The summed E-state index contributed by atoms with van der Waals surface area (Å²) in [7, 11) is 1.97. The minimum Gasteiger partial charge on any atom is -0.367 e. The molecule has 0 bridgehead atoms. The van der Waals surface area contributed by atoms with Crippen LogP contribution in [-0.2, 0) is 0 Å². The van der Waals surface area contributed by atoms with Crippen molar-refractivity contribution < 1.29 is 18.0 Å². The zero-order chi connectivity index (χ0) is 21.8. The van der Waals surface area contributed by atoms with Crippen molar-refractivity contribution in [2.45, 2.75) is 51.6 Å². The van der Waals surface area contributed by atoms with Crippen LogP contribution in [-0.4, -0.2) is 41.6 Å². The molecule has 0 radical (unpaired) electrons. The maximum Gasteiger partial charge on any atom is 0.251 e. The fourth-order valence-electron chi connectivity index (χ4n) is 3.53. The summed E-state index contributed by atoms with van der Waals surface area (Å²) in [6.07, 6.45) is 3.03. The number of halogens is 3. The molecule has 0 atom stereocenters. The number of hydrogen-bond acceptors (Lipinski definition) is 5. The second kappa shape index (κ2) is 9.32. The van der Waals surface area contributed by atoms with Crippen LogP contribution < -0.4 is 15.5 Å². The summed E-state index contributed by atoms with van der Waals surface area (Å²) in [6.45, 7) is 4.74. The van der Waals surface area contributed by atoms with Crippen LogP contribution in [0.15, 0.2) is 18.2 Å². The molecule has 1 aromatic heterocycles. The van der Waals surface area contributed by atoms with E-state index in [-0.39, 0.29) is 17.6 Å². The van der Waals surface area contributed by atoms with Crippen LogP contribution in [0.2, 0.25) is 0 Å². The number of aromatic nitrogens is 2. The lowest BCUT2D eigenvalue weighted by molar-refractivity contribution is 0.0925. The summed E-state index contributed by atoms with van der Waals surface area (Å²) < 4.78 is 39.8. The predicted octanol–water partition coefficient (Wildman–Crippen LogP) is 3.81. The molecule has 2 aromatic rings. The third-order valence-corrected chi connectivity index (χ3v) is 5.35. The van der Waals surface area contributed by atoms with Gasteiger partial charge in [-0.05, 0) is 51.7 Å². The number of benzene rings is 1. The molecule has 6 nitrogen and oxygen atoms in total. The van der Waals surface area contributed by atoms with E-state index < -0.39 is 23.4 Å². The highest BCUT2D eigenvalue weighted by atomic mass is 19.2. The Hall–Kier alpha value is -2.84. The lowest BCUT2D eigenvalue weighted by Crippen LogP contribution is -2.40. The Morgan fingerprint density at radius 3 is 2.27 bits per heavy atom. The molecule has 2 N–H and O–H groups in total. The van der Waals surface area contributed by atoms with Gasteiger partial charge in [0.05, 0.1) is 0 Å². The number of nitrogens with zero attached hydrogens (tertiary/aromatic N) is 3. The molecule has 1 aromatic carbocycles. The number of anilines is 2. The van der Waals surface area contributed by atoms with Gasteiger partial charge < -0.3 is 15.5 Å². The van der Waals surface area contributed by atoms with E-state index in [0.717, 1.165) is 31.0 Å². The van der Waals surface area contributed by atoms with Gasteiger partial charge in [-0.2, -0.15) is 0 Å². The molecule has 1 aliphatic carbocycles. The molecule has 1 saturated carbocycles. The van der Waals surface area contributed by atoms with Crippen LogP contribution in [0.5, 0.6) is 0 Å². The second-order valence-electron chi connectivity index (χ2n) is 7.59. The van der Waals surface area contributed by atoms with Crippen LogP contribution in [0, 0.1) is 24.4 Å². The largest absolute Gasteiger partial charge is 0.367 e. The van der Waals surface area contributed by atoms with E-state index in [4.69, 9.17) is 0 Å². The normalized spacial score (nSPS) is 18.7. The van der Waals surface area contributed by atoms with Gasteiger partial charge in [-0.1, -0.05) is 0 Å². The molecule has 1 heterocycles. The van der Waals surface area contributed by atoms with Crippen LogP contribution in [0.25, 0.3) is 0 Å². The van der Waals surface area contributed by atoms with Gasteiger partial charge in [0.25, 0.3) is 5.91 Å². The van der Waals surface area contributed by atoms with Gasteiger partial charge in [-0.15, -0.1) is 0 Å². The molecule has 1 fully saturated rings. The second-order valence-corrected chi connectivity index (χ2v) is 7.59. The quantitative estimate of drug-likeness (QED) is 0.694. The molecule has 1 aliphatic rings. The monoisotopic (exact) mass is 421 g/mol. The van der Waals surface area contributed by atoms with E-state index in [1.54, 1.807) is 0 Å². The van der Waals surface area contributed by atoms with Crippen LogP contribution >= 0.6 is 0 Å². The van der Waals surface area contributed by atoms with Gasteiger partial charge in [-0.3, -0.25) is 4.79 Å². The molecule has 30 heavy (non-hydrogen) atoms. The first kappa shape index (κ1) is 21.9. The fraction of sp³-hybridized carbons (Fsp3) is 0.476. The molecule has 0 saturated heterocycles. The number of amides is 1. The maximum atomic E-state index is 13.3. The summed E-state index contributed by atoms with van der Waals surface area (Å²) >= 11 is 0. The first-order chi connectivity index (χ1) is 14.3. The lowest BCUT2D eigenvalue weighted by Gasteiger charge is -2.30. The standard InChI is InChI=1S/C21H26F3N5O/c1-4-29(3)19-11-18(25-12(2)26-19)27-14-5-7-15(8-6-14)28-21(30)13-9-16(22)20(24)17(23)10-13/h9-11,14-15H,4-8H2,1-3H3,(H,28,30)(H,25,26,27). The Bertz CT molecular complexity index is 893. The van der Waals surface area contributed by atoms with Gasteiger partial charge in [0.2, 0.25) is 0 Å². The fourth-order valence-corrected chi connectivity index (χ4v) is 3.53.